The van der Waals surface area contributed by atoms with Gasteiger partial charge in [-0.3, -0.25) is 0 Å². The Morgan fingerprint density at radius 1 is 1.27 bits per heavy atom. The molecule has 0 heterocycles. The fraction of sp³-hybridized carbons (Fsp3) is 1.00. The van der Waals surface area contributed by atoms with Crippen LogP contribution in [0.2, 0.25) is 0 Å². The van der Waals surface area contributed by atoms with Gasteiger partial charge in [0.25, 0.3) is 0 Å². The van der Waals surface area contributed by atoms with E-state index in [0.717, 1.165) is 0 Å². The molecule has 0 aliphatic rings. The third-order valence-electron chi connectivity index (χ3n) is 1.89. The maximum Gasteiger partial charge on any atom is 0.0639 e. The summed E-state index contributed by atoms with van der Waals surface area (Å²) in [6.07, 6.45) is 0.250. The summed E-state index contributed by atoms with van der Waals surface area (Å²) in [4.78, 5) is 0. The molecule has 0 spiro atoms. The molecule has 0 aromatic heterocycles. The monoisotopic (exact) mass is 160 g/mol. The Bertz CT molecular complexity index is 103. The van der Waals surface area contributed by atoms with Crippen molar-refractivity contribution < 1.29 is 9.84 Å². The highest BCUT2D eigenvalue weighted by Crippen LogP contribution is 2.15. The molecule has 0 aliphatic carbocycles. The maximum absolute atomic E-state index is 9.52. The molecule has 2 heteroatoms. The fourth-order valence-electron chi connectivity index (χ4n) is 0.541. The van der Waals surface area contributed by atoms with E-state index in [2.05, 4.69) is 0 Å². The van der Waals surface area contributed by atoms with Crippen LogP contribution in [-0.4, -0.2) is 23.4 Å². The van der Waals surface area contributed by atoms with Crippen molar-refractivity contribution in [3.8, 4) is 0 Å². The lowest BCUT2D eigenvalue weighted by Gasteiger charge is -2.26. The minimum atomic E-state index is -0.630. The molecule has 0 saturated heterocycles. The summed E-state index contributed by atoms with van der Waals surface area (Å²) in [5, 5.41) is 9.52. The van der Waals surface area contributed by atoms with E-state index in [9.17, 15) is 5.11 Å². The van der Waals surface area contributed by atoms with Gasteiger partial charge in [-0.2, -0.15) is 0 Å². The Morgan fingerprint density at radius 3 is 2.00 bits per heavy atom. The lowest BCUT2D eigenvalue weighted by molar-refractivity contribution is -0.0356. The van der Waals surface area contributed by atoms with Crippen LogP contribution < -0.4 is 0 Å². The van der Waals surface area contributed by atoms with Crippen LogP contribution in [0.5, 0.6) is 0 Å². The average Bonchev–Trinajstić information content (AvgIpc) is 1.80. The molecule has 68 valence electrons. The summed E-state index contributed by atoms with van der Waals surface area (Å²) < 4.78 is 5.37. The van der Waals surface area contributed by atoms with Gasteiger partial charge in [0.15, 0.2) is 0 Å². The zero-order chi connectivity index (χ0) is 9.07. The number of hydrogen-bond donors (Lipinski definition) is 1. The Kier molecular flexibility index (Phi) is 4.04. The SMILES string of the molecule is CC(C)OCC(C)C(C)(C)O. The summed E-state index contributed by atoms with van der Waals surface area (Å²) in [7, 11) is 0. The molecule has 0 aliphatic heterocycles. The number of hydrogen-bond acceptors (Lipinski definition) is 2. The van der Waals surface area contributed by atoms with Gasteiger partial charge in [0.2, 0.25) is 0 Å². The maximum atomic E-state index is 9.52. The molecule has 0 amide bonds. The van der Waals surface area contributed by atoms with Crippen LogP contribution in [0, 0.1) is 5.92 Å². The number of rotatable bonds is 4. The van der Waals surface area contributed by atoms with Crippen molar-refractivity contribution in [2.75, 3.05) is 6.61 Å². The van der Waals surface area contributed by atoms with E-state index in [1.54, 1.807) is 13.8 Å². The lowest BCUT2D eigenvalue weighted by atomic mass is 9.94. The minimum Gasteiger partial charge on any atom is -0.390 e. The number of aliphatic hydroxyl groups is 1. The van der Waals surface area contributed by atoms with Gasteiger partial charge in [-0.1, -0.05) is 6.92 Å². The smallest absolute Gasteiger partial charge is 0.0639 e. The van der Waals surface area contributed by atoms with E-state index in [1.165, 1.54) is 0 Å². The average molecular weight is 160 g/mol. The van der Waals surface area contributed by atoms with Crippen molar-refractivity contribution in [1.29, 1.82) is 0 Å². The van der Waals surface area contributed by atoms with E-state index in [-0.39, 0.29) is 12.0 Å². The highest BCUT2D eigenvalue weighted by Gasteiger charge is 2.22. The summed E-state index contributed by atoms with van der Waals surface area (Å²) in [5.41, 5.74) is -0.630. The zero-order valence-corrected chi connectivity index (χ0v) is 8.22. The second kappa shape index (κ2) is 4.07. The molecule has 0 radical (unpaired) electrons. The van der Waals surface area contributed by atoms with Gasteiger partial charge in [-0.25, -0.2) is 0 Å². The van der Waals surface area contributed by atoms with E-state index in [0.29, 0.717) is 6.61 Å². The van der Waals surface area contributed by atoms with E-state index >= 15 is 0 Å². The van der Waals surface area contributed by atoms with Crippen molar-refractivity contribution in [1.82, 2.24) is 0 Å². The van der Waals surface area contributed by atoms with E-state index in [1.807, 2.05) is 20.8 Å². The summed E-state index contributed by atoms with van der Waals surface area (Å²) >= 11 is 0. The summed E-state index contributed by atoms with van der Waals surface area (Å²) in [6, 6.07) is 0. The van der Waals surface area contributed by atoms with Crippen molar-refractivity contribution in [2.24, 2.45) is 5.92 Å². The third kappa shape index (κ3) is 5.22. The van der Waals surface area contributed by atoms with Crippen LogP contribution in [0.25, 0.3) is 0 Å². The largest absolute Gasteiger partial charge is 0.390 e. The van der Waals surface area contributed by atoms with Crippen molar-refractivity contribution >= 4 is 0 Å². The third-order valence-corrected chi connectivity index (χ3v) is 1.89. The van der Waals surface area contributed by atoms with E-state index < -0.39 is 5.60 Å². The molecule has 0 aromatic carbocycles. The molecule has 0 aromatic rings. The molecule has 0 saturated carbocycles. The summed E-state index contributed by atoms with van der Waals surface area (Å²) in [6.45, 7) is 10.2. The minimum absolute atomic E-state index is 0.185. The van der Waals surface area contributed by atoms with Gasteiger partial charge in [0, 0.05) is 5.92 Å². The first-order valence-corrected chi connectivity index (χ1v) is 4.18. The molecular weight excluding hydrogens is 140 g/mol. The molecule has 2 nitrogen and oxygen atoms in total. The van der Waals surface area contributed by atoms with Crippen molar-refractivity contribution in [2.45, 2.75) is 46.3 Å². The highest BCUT2D eigenvalue weighted by atomic mass is 16.5. The van der Waals surface area contributed by atoms with Gasteiger partial charge in [0.05, 0.1) is 18.3 Å². The molecule has 1 N–H and O–H groups in total. The molecule has 1 atom stereocenters. The van der Waals surface area contributed by atoms with Gasteiger partial charge in [-0.15, -0.1) is 0 Å². The molecule has 0 rings (SSSR count). The Morgan fingerprint density at radius 2 is 1.73 bits per heavy atom. The normalized spacial score (nSPS) is 15.5. The number of ether oxygens (including phenoxy) is 1. The van der Waals surface area contributed by atoms with Crippen LogP contribution in [-0.2, 0) is 4.74 Å². The second-order valence-electron chi connectivity index (χ2n) is 3.94. The quantitative estimate of drug-likeness (QED) is 0.679. The lowest BCUT2D eigenvalue weighted by Crippen LogP contribution is -2.32. The fourth-order valence-corrected chi connectivity index (χ4v) is 0.541. The predicted octanol–water partition coefficient (Wildman–Crippen LogP) is 1.82. The Hall–Kier alpha value is -0.0800. The van der Waals surface area contributed by atoms with Crippen molar-refractivity contribution in [3.05, 3.63) is 0 Å². The summed E-state index contributed by atoms with van der Waals surface area (Å²) in [5.74, 6) is 0.185. The van der Waals surface area contributed by atoms with Gasteiger partial charge < -0.3 is 9.84 Å². The van der Waals surface area contributed by atoms with Crippen molar-refractivity contribution in [3.63, 3.8) is 0 Å². The highest BCUT2D eigenvalue weighted by molar-refractivity contribution is 4.72. The molecule has 1 unspecified atom stereocenters. The topological polar surface area (TPSA) is 29.5 Å². The zero-order valence-electron chi connectivity index (χ0n) is 8.22. The van der Waals surface area contributed by atoms with E-state index in [4.69, 9.17) is 4.74 Å². The van der Waals surface area contributed by atoms with Gasteiger partial charge in [-0.05, 0) is 27.7 Å². The second-order valence-corrected chi connectivity index (χ2v) is 3.94. The first kappa shape index (κ1) is 10.9. The van der Waals surface area contributed by atoms with Crippen LogP contribution in [0.4, 0.5) is 0 Å². The molecule has 11 heavy (non-hydrogen) atoms. The molecule has 0 bridgehead atoms. The Balaban J connectivity index is 3.61. The predicted molar refractivity (Wildman–Crippen MR) is 46.5 cm³/mol. The van der Waals surface area contributed by atoms with Gasteiger partial charge in [0.1, 0.15) is 0 Å². The van der Waals surface area contributed by atoms with Crippen LogP contribution in [0.1, 0.15) is 34.6 Å². The first-order chi connectivity index (χ1) is 4.84. The molecule has 0 fully saturated rings. The molecular formula is C9H20O2. The van der Waals surface area contributed by atoms with Gasteiger partial charge >= 0.3 is 0 Å². The van der Waals surface area contributed by atoms with Crippen LogP contribution in [0.15, 0.2) is 0 Å². The standard InChI is InChI=1S/C9H20O2/c1-7(2)11-6-8(3)9(4,5)10/h7-8,10H,6H2,1-5H3. The van der Waals surface area contributed by atoms with Crippen LogP contribution >= 0.6 is 0 Å². The van der Waals surface area contributed by atoms with Crippen LogP contribution in [0.3, 0.4) is 0 Å². The first-order valence-electron chi connectivity index (χ1n) is 4.18. The Labute approximate surface area is 69.6 Å².